The van der Waals surface area contributed by atoms with Crippen LogP contribution < -0.4 is 5.10 Å². The second kappa shape index (κ2) is 1.79. The fourth-order valence-electron chi connectivity index (χ4n) is 1.18. The summed E-state index contributed by atoms with van der Waals surface area (Å²) < 4.78 is 0. The third-order valence-corrected chi connectivity index (χ3v) is 1.71. The Hall–Kier alpha value is -0.920. The van der Waals surface area contributed by atoms with E-state index in [1.165, 1.54) is 5.71 Å². The summed E-state index contributed by atoms with van der Waals surface area (Å²) in [6, 6.07) is 0. The van der Waals surface area contributed by atoms with Crippen LogP contribution in [0, 0.1) is 5.92 Å². The molecule has 1 aliphatic heterocycles. The van der Waals surface area contributed by atoms with E-state index in [9.17, 15) is 0 Å². The van der Waals surface area contributed by atoms with Gasteiger partial charge in [0.15, 0.2) is 5.10 Å². The first-order valence-electron chi connectivity index (χ1n) is 3.23. The Kier molecular flexibility index (Phi) is 0.979. The Morgan fingerprint density at radius 2 is 2.67 bits per heavy atom. The van der Waals surface area contributed by atoms with Crippen LogP contribution in [0.25, 0.3) is 0 Å². The minimum absolute atomic E-state index is 0.443. The lowest BCUT2D eigenvalue weighted by atomic mass is 9.95. The largest absolute Gasteiger partial charge is 0.279 e. The topological polar surface area (TPSA) is 26.5 Å². The molecule has 0 aromatic rings. The van der Waals surface area contributed by atoms with E-state index in [-0.39, 0.29) is 0 Å². The van der Waals surface area contributed by atoms with Gasteiger partial charge in [0.05, 0.1) is 11.3 Å². The summed E-state index contributed by atoms with van der Waals surface area (Å²) in [6.45, 7) is 0. The van der Waals surface area contributed by atoms with Crippen molar-refractivity contribution in [1.82, 2.24) is 5.10 Å². The average molecular weight is 120 g/mol. The summed E-state index contributed by atoms with van der Waals surface area (Å²) >= 11 is 0. The van der Waals surface area contributed by atoms with Crippen molar-refractivity contribution in [3.8, 4) is 0 Å². The average Bonchev–Trinajstić information content (AvgIpc) is 2.33. The van der Waals surface area contributed by atoms with E-state index in [0.29, 0.717) is 5.92 Å². The first kappa shape index (κ1) is 4.91. The molecule has 1 atom stereocenters. The van der Waals surface area contributed by atoms with Crippen molar-refractivity contribution < 1.29 is 0 Å². The van der Waals surface area contributed by atoms with Gasteiger partial charge in [0.1, 0.15) is 5.92 Å². The van der Waals surface area contributed by atoms with Gasteiger partial charge in [-0.1, -0.05) is 12.2 Å². The van der Waals surface area contributed by atoms with Crippen molar-refractivity contribution in [3.63, 3.8) is 0 Å². The summed E-state index contributed by atoms with van der Waals surface area (Å²) in [6.07, 6.45) is 8.49. The molecule has 0 aromatic heterocycles. The maximum atomic E-state index is 3.99. The highest BCUT2D eigenvalue weighted by atomic mass is 15.2. The molecule has 9 heavy (non-hydrogen) atoms. The monoisotopic (exact) mass is 120 g/mol. The van der Waals surface area contributed by atoms with E-state index in [4.69, 9.17) is 0 Å². The number of rotatable bonds is 0. The van der Waals surface area contributed by atoms with Gasteiger partial charge in [-0.15, -0.1) is 0 Å². The Bertz CT molecular complexity index is 201. The second-order valence-electron chi connectivity index (χ2n) is 2.35. The van der Waals surface area contributed by atoms with Gasteiger partial charge in [0.2, 0.25) is 0 Å². The van der Waals surface area contributed by atoms with Gasteiger partial charge in [-0.25, -0.2) is 0 Å². The normalized spacial score (nSPS) is 30.2. The fraction of sp³-hybridized carbons (Fsp3) is 0.429. The zero-order chi connectivity index (χ0) is 6.10. The quantitative estimate of drug-likeness (QED) is 0.421. The first-order valence-corrected chi connectivity index (χ1v) is 3.23. The second-order valence-corrected chi connectivity index (χ2v) is 2.35. The molecule has 2 rings (SSSR count). The highest BCUT2D eigenvalue weighted by molar-refractivity contribution is 6.02. The van der Waals surface area contributed by atoms with Crippen LogP contribution in [0.2, 0.25) is 0 Å². The number of hydrogen-bond acceptors (Lipinski definition) is 2. The maximum absolute atomic E-state index is 3.99. The van der Waals surface area contributed by atoms with Crippen LogP contribution in [0.5, 0.6) is 0 Å². The number of hydrogen-bond donors (Lipinski definition) is 0. The number of fused-ring (bicyclic) bond motifs is 1. The van der Waals surface area contributed by atoms with Gasteiger partial charge >= 0.3 is 0 Å². The number of allylic oxidation sites excluding steroid dienone is 2. The van der Waals surface area contributed by atoms with Crippen LogP contribution in [0.1, 0.15) is 12.8 Å². The van der Waals surface area contributed by atoms with Crippen LogP contribution in [0.4, 0.5) is 0 Å². The van der Waals surface area contributed by atoms with E-state index in [1.807, 2.05) is 6.21 Å². The lowest BCUT2D eigenvalue weighted by molar-refractivity contribution is 0.967. The first-order chi connectivity index (χ1) is 4.47. The molecule has 0 fully saturated rings. The van der Waals surface area contributed by atoms with Crippen LogP contribution in [-0.2, 0) is 0 Å². The summed E-state index contributed by atoms with van der Waals surface area (Å²) in [4.78, 5) is 0. The van der Waals surface area contributed by atoms with Crippen molar-refractivity contribution in [2.45, 2.75) is 12.8 Å². The van der Waals surface area contributed by atoms with Crippen molar-refractivity contribution in [1.29, 1.82) is 0 Å². The lowest BCUT2D eigenvalue weighted by Crippen LogP contribution is -2.14. The summed E-state index contributed by atoms with van der Waals surface area (Å²) in [5.74, 6) is 0.443. The molecule has 1 unspecified atom stereocenters. The predicted molar refractivity (Wildman–Crippen MR) is 37.5 cm³/mol. The summed E-state index contributed by atoms with van der Waals surface area (Å²) in [5.41, 5.74) is 1.23. The standard InChI is InChI=1S/C7H8N2/c1-2-4-7-6(3-1)5-8-9-7/h1,3,5-6H,2,4H2/q+1. The number of nitrogens with zero attached hydrogens (tertiary/aromatic N) is 2. The molecule has 2 nitrogen and oxygen atoms in total. The highest BCUT2D eigenvalue weighted by Gasteiger charge is 2.28. The van der Waals surface area contributed by atoms with Crippen LogP contribution in [-0.4, -0.2) is 11.9 Å². The third kappa shape index (κ3) is 0.707. The molecule has 0 saturated carbocycles. The highest BCUT2D eigenvalue weighted by Crippen LogP contribution is 2.13. The van der Waals surface area contributed by atoms with Gasteiger partial charge in [0, 0.05) is 6.42 Å². The van der Waals surface area contributed by atoms with Crippen molar-refractivity contribution in [3.05, 3.63) is 12.2 Å². The van der Waals surface area contributed by atoms with Gasteiger partial charge in [-0.2, -0.15) is 0 Å². The molecule has 45 valence electrons. The van der Waals surface area contributed by atoms with E-state index >= 15 is 0 Å². The third-order valence-electron chi connectivity index (χ3n) is 1.71. The molecule has 0 saturated heterocycles. The van der Waals surface area contributed by atoms with Crippen molar-refractivity contribution in [2.75, 3.05) is 0 Å². The lowest BCUT2D eigenvalue weighted by Gasteiger charge is -2.00. The molecule has 2 aliphatic rings. The summed E-state index contributed by atoms with van der Waals surface area (Å²) in [5, 5.41) is 7.83. The fourth-order valence-corrected chi connectivity index (χ4v) is 1.18. The molecule has 1 aliphatic carbocycles. The predicted octanol–water partition coefficient (Wildman–Crippen LogP) is 0.729. The Morgan fingerprint density at radius 1 is 1.67 bits per heavy atom. The maximum Gasteiger partial charge on any atom is 0.279 e. The van der Waals surface area contributed by atoms with E-state index in [1.54, 1.807) is 0 Å². The molecule has 2 heteroatoms. The van der Waals surface area contributed by atoms with E-state index in [2.05, 4.69) is 22.4 Å². The molecule has 1 heterocycles. The summed E-state index contributed by atoms with van der Waals surface area (Å²) in [7, 11) is 0. The Morgan fingerprint density at radius 3 is 3.56 bits per heavy atom. The van der Waals surface area contributed by atoms with Crippen LogP contribution >= 0.6 is 0 Å². The van der Waals surface area contributed by atoms with Crippen LogP contribution in [0.3, 0.4) is 0 Å². The molecule has 0 spiro atoms. The van der Waals surface area contributed by atoms with Gasteiger partial charge in [-0.3, -0.25) is 0 Å². The SMILES string of the molecule is C1=CC2C=N[N+]=C2CC1. The molecule has 0 bridgehead atoms. The van der Waals surface area contributed by atoms with Gasteiger partial charge < -0.3 is 0 Å². The van der Waals surface area contributed by atoms with Crippen LogP contribution in [0.15, 0.2) is 17.3 Å². The Balaban J connectivity index is 2.31. The van der Waals surface area contributed by atoms with E-state index in [0.717, 1.165) is 12.8 Å². The molecular weight excluding hydrogens is 112 g/mol. The van der Waals surface area contributed by atoms with Crippen molar-refractivity contribution >= 4 is 11.9 Å². The van der Waals surface area contributed by atoms with E-state index < -0.39 is 0 Å². The molecule has 0 amide bonds. The molecule has 0 N–H and O–H groups in total. The zero-order valence-corrected chi connectivity index (χ0v) is 5.12. The van der Waals surface area contributed by atoms with Gasteiger partial charge in [-0.05, 0) is 6.42 Å². The Labute approximate surface area is 54.0 Å². The van der Waals surface area contributed by atoms with Gasteiger partial charge in [0.25, 0.3) is 5.71 Å². The molecule has 0 aromatic carbocycles. The smallest absolute Gasteiger partial charge is 0.0868 e. The minimum atomic E-state index is 0.443. The molecular formula is C7H8N2+. The zero-order valence-electron chi connectivity index (χ0n) is 5.12. The van der Waals surface area contributed by atoms with Crippen molar-refractivity contribution in [2.24, 2.45) is 11.0 Å². The molecule has 1 radical (unpaired) electrons. The minimum Gasteiger partial charge on any atom is -0.0868 e.